The molecule has 5 nitrogen and oxygen atoms in total. The van der Waals surface area contributed by atoms with Gasteiger partial charge in [0.15, 0.2) is 5.17 Å². The molecule has 10 heteroatoms. The van der Waals surface area contributed by atoms with Crippen molar-refractivity contribution in [3.05, 3.63) is 45.9 Å². The minimum Gasteiger partial charge on any atom is -0.379 e. The van der Waals surface area contributed by atoms with Gasteiger partial charge in [0.25, 0.3) is 5.24 Å². The van der Waals surface area contributed by atoms with E-state index in [4.69, 9.17) is 17.0 Å². The van der Waals surface area contributed by atoms with Crippen LogP contribution in [0.4, 0.5) is 9.18 Å². The van der Waals surface area contributed by atoms with E-state index < -0.39 is 5.24 Å². The Morgan fingerprint density at radius 1 is 1.33 bits per heavy atom. The van der Waals surface area contributed by atoms with Crippen LogP contribution >= 0.6 is 47.5 Å². The zero-order valence-electron chi connectivity index (χ0n) is 12.4. The molecule has 24 heavy (non-hydrogen) atoms. The Bertz CT molecular complexity index is 752. The first-order chi connectivity index (χ1) is 11.4. The van der Waals surface area contributed by atoms with Crippen LogP contribution in [0.15, 0.2) is 38.8 Å². The highest BCUT2D eigenvalue weighted by molar-refractivity contribution is 8.13. The van der Waals surface area contributed by atoms with Crippen molar-refractivity contribution < 1.29 is 9.18 Å². The number of rotatable bonds is 6. The summed E-state index contributed by atoms with van der Waals surface area (Å²) in [4.78, 5) is 13.0. The molecule has 0 aliphatic rings. The number of carbonyl (C=O) groups excluding carboxylic acids is 1. The monoisotopic (exact) mass is 402 g/mol. The van der Waals surface area contributed by atoms with E-state index in [1.807, 2.05) is 10.8 Å². The van der Waals surface area contributed by atoms with Gasteiger partial charge in [-0.15, -0.1) is 0 Å². The van der Waals surface area contributed by atoms with E-state index in [2.05, 4.69) is 12.6 Å². The molecule has 0 aliphatic carbocycles. The fourth-order valence-electron chi connectivity index (χ4n) is 1.80. The van der Waals surface area contributed by atoms with Crippen LogP contribution in [-0.2, 0) is 12.3 Å². The van der Waals surface area contributed by atoms with Gasteiger partial charge in [0.2, 0.25) is 0 Å². The van der Waals surface area contributed by atoms with Gasteiger partial charge < -0.3 is 5.73 Å². The van der Waals surface area contributed by atoms with Crippen molar-refractivity contribution >= 4 is 57.9 Å². The number of nitrogens with two attached hydrogens (primary N) is 2. The molecule has 2 aromatic rings. The van der Waals surface area contributed by atoms with Crippen molar-refractivity contribution in [1.82, 2.24) is 5.01 Å². The highest BCUT2D eigenvalue weighted by atomic mass is 32.2. The second-order valence-corrected chi connectivity index (χ2v) is 7.91. The summed E-state index contributed by atoms with van der Waals surface area (Å²) in [5.41, 5.74) is 7.01. The zero-order valence-corrected chi connectivity index (χ0v) is 15.7. The summed E-state index contributed by atoms with van der Waals surface area (Å²) in [5, 5.41) is 11.6. The number of amidine groups is 1. The molecule has 1 amide bonds. The number of thioether (sulfide) groups is 1. The van der Waals surface area contributed by atoms with Crippen LogP contribution in [0.2, 0.25) is 0 Å². The number of benzene rings is 1. The van der Waals surface area contributed by atoms with E-state index in [0.29, 0.717) is 5.75 Å². The summed E-state index contributed by atoms with van der Waals surface area (Å²) < 4.78 is 13.5. The molecule has 1 heterocycles. The van der Waals surface area contributed by atoms with Crippen molar-refractivity contribution in [3.8, 4) is 0 Å². The lowest BCUT2D eigenvalue weighted by Gasteiger charge is -2.14. The SMILES string of the molecule is N=C(N)SCc1cc(F)ccc1Sc1cscc1CN(N)C(=O)S. The van der Waals surface area contributed by atoms with Gasteiger partial charge in [-0.25, -0.2) is 10.2 Å². The number of thiol groups is 1. The Hall–Kier alpha value is -1.20. The van der Waals surface area contributed by atoms with Crippen LogP contribution in [-0.4, -0.2) is 15.4 Å². The van der Waals surface area contributed by atoms with E-state index in [0.717, 1.165) is 37.7 Å². The van der Waals surface area contributed by atoms with Crippen LogP contribution in [0.25, 0.3) is 0 Å². The molecule has 0 radical (unpaired) electrons. The van der Waals surface area contributed by atoms with Gasteiger partial charge in [-0.2, -0.15) is 11.3 Å². The van der Waals surface area contributed by atoms with Gasteiger partial charge in [-0.05, 0) is 34.7 Å². The Kier molecular flexibility index (Phi) is 6.99. The first-order valence-corrected chi connectivity index (χ1v) is 9.79. The molecular weight excluding hydrogens is 387 g/mol. The number of hydrazine groups is 1. The fourth-order valence-corrected chi connectivity index (χ4v) is 4.55. The molecule has 0 atom stereocenters. The Labute approximate surface area is 156 Å². The molecule has 1 aromatic carbocycles. The third-order valence-corrected chi connectivity index (χ3v) is 6.10. The van der Waals surface area contributed by atoms with Gasteiger partial charge in [-0.1, -0.05) is 36.2 Å². The standard InChI is InChI=1S/C14H15FN4OS4/c15-10-1-2-11(8(3-10)6-23-13(16)17)24-12-7-22-5-9(12)4-19(18)14(20)21/h1-3,5,7H,4,6,18H2,(H3,16,17)(H,20,21). The average Bonchev–Trinajstić information content (AvgIpc) is 2.94. The lowest BCUT2D eigenvalue weighted by Crippen LogP contribution is -2.32. The lowest BCUT2D eigenvalue weighted by molar-refractivity contribution is 0.222. The molecule has 5 N–H and O–H groups in total. The van der Waals surface area contributed by atoms with Gasteiger partial charge in [0.1, 0.15) is 5.82 Å². The quantitative estimate of drug-likeness (QED) is 0.147. The maximum absolute atomic E-state index is 13.5. The number of amides is 1. The number of nitrogens with one attached hydrogen (secondary N) is 1. The number of hydrogen-bond acceptors (Lipinski definition) is 6. The summed E-state index contributed by atoms with van der Waals surface area (Å²) >= 11 is 7.79. The van der Waals surface area contributed by atoms with Gasteiger partial charge in [0.05, 0.1) is 6.54 Å². The topological polar surface area (TPSA) is 96.2 Å². The number of halogens is 1. The van der Waals surface area contributed by atoms with E-state index in [1.165, 1.54) is 35.2 Å². The summed E-state index contributed by atoms with van der Waals surface area (Å²) in [6.45, 7) is 0.243. The molecule has 0 fully saturated rings. The van der Waals surface area contributed by atoms with Crippen molar-refractivity contribution in [2.24, 2.45) is 11.6 Å². The maximum Gasteiger partial charge on any atom is 0.292 e. The molecule has 128 valence electrons. The third-order valence-electron chi connectivity index (χ3n) is 2.91. The normalized spacial score (nSPS) is 10.6. The third kappa shape index (κ3) is 5.42. The van der Waals surface area contributed by atoms with Gasteiger partial charge >= 0.3 is 0 Å². The molecule has 2 rings (SSSR count). The predicted molar refractivity (Wildman–Crippen MR) is 102 cm³/mol. The highest BCUT2D eigenvalue weighted by Gasteiger charge is 2.13. The predicted octanol–water partition coefficient (Wildman–Crippen LogP) is 3.89. The molecular formula is C14H15FN4OS4. The van der Waals surface area contributed by atoms with E-state index >= 15 is 0 Å². The summed E-state index contributed by atoms with van der Waals surface area (Å²) in [6.07, 6.45) is 0. The van der Waals surface area contributed by atoms with Crippen LogP contribution in [0.3, 0.4) is 0 Å². The first-order valence-electron chi connectivity index (χ1n) is 6.60. The van der Waals surface area contributed by atoms with Crippen LogP contribution in [0, 0.1) is 11.2 Å². The minimum atomic E-state index is -0.516. The Morgan fingerprint density at radius 3 is 2.75 bits per heavy atom. The maximum atomic E-state index is 13.5. The van der Waals surface area contributed by atoms with Crippen molar-refractivity contribution in [3.63, 3.8) is 0 Å². The smallest absolute Gasteiger partial charge is 0.292 e. The van der Waals surface area contributed by atoms with E-state index in [9.17, 15) is 9.18 Å². The Morgan fingerprint density at radius 2 is 2.08 bits per heavy atom. The highest BCUT2D eigenvalue weighted by Crippen LogP contribution is 2.36. The number of nitrogens with zero attached hydrogens (tertiary/aromatic N) is 1. The molecule has 0 saturated carbocycles. The number of carbonyl (C=O) groups is 1. The molecule has 0 spiro atoms. The van der Waals surface area contributed by atoms with Crippen LogP contribution in [0.5, 0.6) is 0 Å². The minimum absolute atomic E-state index is 0.0162. The van der Waals surface area contributed by atoms with Crippen molar-refractivity contribution in [2.75, 3.05) is 0 Å². The molecule has 0 unspecified atom stereocenters. The van der Waals surface area contributed by atoms with E-state index in [-0.39, 0.29) is 17.5 Å². The average molecular weight is 403 g/mol. The second kappa shape index (κ2) is 8.77. The largest absolute Gasteiger partial charge is 0.379 e. The lowest BCUT2D eigenvalue weighted by atomic mass is 10.2. The van der Waals surface area contributed by atoms with Crippen molar-refractivity contribution in [2.45, 2.75) is 22.1 Å². The van der Waals surface area contributed by atoms with Crippen LogP contribution < -0.4 is 11.6 Å². The van der Waals surface area contributed by atoms with Crippen molar-refractivity contribution in [1.29, 1.82) is 5.41 Å². The summed E-state index contributed by atoms with van der Waals surface area (Å²) in [5.74, 6) is 5.69. The van der Waals surface area contributed by atoms with E-state index in [1.54, 1.807) is 6.07 Å². The molecule has 0 saturated heterocycles. The Balaban J connectivity index is 2.21. The van der Waals surface area contributed by atoms with Crippen LogP contribution in [0.1, 0.15) is 11.1 Å². The fraction of sp³-hybridized carbons (Fsp3) is 0.143. The summed E-state index contributed by atoms with van der Waals surface area (Å²) in [6, 6.07) is 4.53. The second-order valence-electron chi connectivity index (χ2n) is 4.68. The number of thiophene rings is 1. The summed E-state index contributed by atoms with van der Waals surface area (Å²) in [7, 11) is 0. The molecule has 1 aromatic heterocycles. The molecule has 0 aliphatic heterocycles. The van der Waals surface area contributed by atoms with Gasteiger partial charge in [0, 0.05) is 20.9 Å². The van der Waals surface area contributed by atoms with Gasteiger partial charge in [-0.3, -0.25) is 15.2 Å². The first kappa shape index (κ1) is 19.1. The zero-order chi connectivity index (χ0) is 17.7. The molecule has 0 bridgehead atoms. The number of hydrogen-bond donors (Lipinski definition) is 4.